The van der Waals surface area contributed by atoms with Crippen molar-refractivity contribution in [3.05, 3.63) is 27.7 Å². The summed E-state index contributed by atoms with van der Waals surface area (Å²) in [6.45, 7) is 1.77. The van der Waals surface area contributed by atoms with Gasteiger partial charge in [-0.2, -0.15) is 0 Å². The average Bonchev–Trinajstić information content (AvgIpc) is 2.39. The van der Waals surface area contributed by atoms with E-state index in [2.05, 4.69) is 10.6 Å². The van der Waals surface area contributed by atoms with Crippen LogP contribution in [0.2, 0.25) is 10.0 Å². The predicted molar refractivity (Wildman–Crippen MR) is 81.3 cm³/mol. The van der Waals surface area contributed by atoms with E-state index >= 15 is 0 Å². The zero-order chi connectivity index (χ0) is 16.2. The lowest BCUT2D eigenvalue weighted by Gasteiger charge is -2.16. The molecule has 1 unspecified atom stereocenters. The Balaban J connectivity index is 3.32. The standard InChI is InChI=1S/C13H13Cl2NO4S/c1-3-5-9(4-2)16-21(19,20)11-7-8(14)6-10(12(11)15)13(17)18/h1,6-7,9,16H,4-5H2,2H3,(H,17,18). The van der Waals surface area contributed by atoms with Gasteiger partial charge in [0.15, 0.2) is 0 Å². The van der Waals surface area contributed by atoms with Gasteiger partial charge in [0, 0.05) is 17.5 Å². The summed E-state index contributed by atoms with van der Waals surface area (Å²) in [6.07, 6.45) is 5.86. The first-order chi connectivity index (χ1) is 9.72. The summed E-state index contributed by atoms with van der Waals surface area (Å²) in [4.78, 5) is 10.7. The predicted octanol–water partition coefficient (Wildman–Crippen LogP) is 2.77. The van der Waals surface area contributed by atoms with Crippen LogP contribution in [0.1, 0.15) is 30.1 Å². The Morgan fingerprint density at radius 3 is 2.57 bits per heavy atom. The highest BCUT2D eigenvalue weighted by molar-refractivity contribution is 7.89. The van der Waals surface area contributed by atoms with Gasteiger partial charge in [-0.05, 0) is 18.6 Å². The average molecular weight is 350 g/mol. The molecule has 114 valence electrons. The molecule has 0 aromatic heterocycles. The maximum atomic E-state index is 12.3. The van der Waals surface area contributed by atoms with Crippen LogP contribution < -0.4 is 4.72 Å². The lowest BCUT2D eigenvalue weighted by Crippen LogP contribution is -2.34. The third-order valence-corrected chi connectivity index (χ3v) is 4.98. The number of hydrogen-bond acceptors (Lipinski definition) is 3. The minimum atomic E-state index is -4.03. The number of carboxylic acid groups (broad SMARTS) is 1. The maximum Gasteiger partial charge on any atom is 0.337 e. The van der Waals surface area contributed by atoms with Crippen LogP contribution in [-0.4, -0.2) is 25.5 Å². The molecule has 0 aliphatic heterocycles. The molecular formula is C13H13Cl2NO4S. The molecule has 0 aliphatic rings. The first-order valence-corrected chi connectivity index (χ1v) is 8.15. The molecular weight excluding hydrogens is 337 g/mol. The number of halogens is 2. The zero-order valence-corrected chi connectivity index (χ0v) is 13.4. The van der Waals surface area contributed by atoms with Crippen LogP contribution in [0.25, 0.3) is 0 Å². The van der Waals surface area contributed by atoms with Gasteiger partial charge in [0.05, 0.1) is 10.6 Å². The van der Waals surface area contributed by atoms with Gasteiger partial charge in [-0.3, -0.25) is 0 Å². The van der Waals surface area contributed by atoms with E-state index in [0.29, 0.717) is 6.42 Å². The van der Waals surface area contributed by atoms with Crippen molar-refractivity contribution in [3.8, 4) is 12.3 Å². The van der Waals surface area contributed by atoms with Crippen molar-refractivity contribution in [1.82, 2.24) is 4.72 Å². The fraction of sp³-hybridized carbons (Fsp3) is 0.308. The van der Waals surface area contributed by atoms with Crippen LogP contribution in [0, 0.1) is 12.3 Å². The van der Waals surface area contributed by atoms with E-state index in [1.165, 1.54) is 0 Å². The summed E-state index contributed by atoms with van der Waals surface area (Å²) in [5.74, 6) is 1.00. The maximum absolute atomic E-state index is 12.3. The molecule has 0 saturated carbocycles. The quantitative estimate of drug-likeness (QED) is 0.773. The fourth-order valence-electron chi connectivity index (χ4n) is 1.61. The molecule has 0 saturated heterocycles. The summed E-state index contributed by atoms with van der Waals surface area (Å²) >= 11 is 11.6. The molecule has 1 atom stereocenters. The van der Waals surface area contributed by atoms with Gasteiger partial charge in [-0.25, -0.2) is 17.9 Å². The second-order valence-electron chi connectivity index (χ2n) is 4.21. The molecule has 1 aromatic rings. The number of carboxylic acids is 1. The minimum Gasteiger partial charge on any atom is -0.478 e. The van der Waals surface area contributed by atoms with Gasteiger partial charge in [0.1, 0.15) is 4.90 Å². The number of terminal acetylenes is 1. The molecule has 8 heteroatoms. The number of sulfonamides is 1. The molecule has 2 N–H and O–H groups in total. The van der Waals surface area contributed by atoms with Crippen LogP contribution in [0.15, 0.2) is 17.0 Å². The molecule has 5 nitrogen and oxygen atoms in total. The zero-order valence-electron chi connectivity index (χ0n) is 11.1. The van der Waals surface area contributed by atoms with Crippen molar-refractivity contribution in [2.24, 2.45) is 0 Å². The van der Waals surface area contributed by atoms with E-state index in [4.69, 9.17) is 34.7 Å². The highest BCUT2D eigenvalue weighted by Crippen LogP contribution is 2.29. The van der Waals surface area contributed by atoms with E-state index in [1.54, 1.807) is 6.92 Å². The lowest BCUT2D eigenvalue weighted by atomic mass is 10.2. The second-order valence-corrected chi connectivity index (χ2v) is 6.70. The minimum absolute atomic E-state index is 0.0397. The smallest absolute Gasteiger partial charge is 0.337 e. The van der Waals surface area contributed by atoms with Crippen molar-refractivity contribution in [1.29, 1.82) is 0 Å². The number of aromatic carboxylic acids is 1. The van der Waals surface area contributed by atoms with Crippen molar-refractivity contribution < 1.29 is 18.3 Å². The molecule has 0 amide bonds. The van der Waals surface area contributed by atoms with Gasteiger partial charge < -0.3 is 5.11 Å². The highest BCUT2D eigenvalue weighted by Gasteiger charge is 2.25. The first-order valence-electron chi connectivity index (χ1n) is 5.91. The number of benzene rings is 1. The van der Waals surface area contributed by atoms with Crippen LogP contribution in [0.5, 0.6) is 0 Å². The van der Waals surface area contributed by atoms with Crippen LogP contribution in [0.4, 0.5) is 0 Å². The SMILES string of the molecule is C#CCC(CC)NS(=O)(=O)c1cc(Cl)cc(C(=O)O)c1Cl. The largest absolute Gasteiger partial charge is 0.478 e. The first kappa shape index (κ1) is 17.8. The molecule has 1 rings (SSSR count). The Kier molecular flexibility index (Phi) is 6.05. The van der Waals surface area contributed by atoms with Gasteiger partial charge in [-0.15, -0.1) is 12.3 Å². The topological polar surface area (TPSA) is 83.5 Å². The van der Waals surface area contributed by atoms with Crippen molar-refractivity contribution in [3.63, 3.8) is 0 Å². The van der Waals surface area contributed by atoms with Gasteiger partial charge >= 0.3 is 5.97 Å². The van der Waals surface area contributed by atoms with Gasteiger partial charge in [-0.1, -0.05) is 30.1 Å². The molecule has 0 radical (unpaired) electrons. The Labute approximate surface area is 133 Å². The van der Waals surface area contributed by atoms with E-state index in [0.717, 1.165) is 12.1 Å². The van der Waals surface area contributed by atoms with Gasteiger partial charge in [0.25, 0.3) is 0 Å². The summed E-state index contributed by atoms with van der Waals surface area (Å²) in [7, 11) is -4.03. The second kappa shape index (κ2) is 7.14. The van der Waals surface area contributed by atoms with E-state index in [9.17, 15) is 13.2 Å². The number of carbonyl (C=O) groups is 1. The van der Waals surface area contributed by atoms with Gasteiger partial charge in [0.2, 0.25) is 10.0 Å². The Hall–Kier alpha value is -1.26. The number of nitrogens with one attached hydrogen (secondary N) is 1. The summed E-state index contributed by atoms with van der Waals surface area (Å²) in [6, 6.07) is 1.72. The fourth-order valence-corrected chi connectivity index (χ4v) is 3.83. The number of rotatable bonds is 6. The Morgan fingerprint density at radius 1 is 1.48 bits per heavy atom. The third-order valence-electron chi connectivity index (χ3n) is 2.70. The number of hydrogen-bond donors (Lipinski definition) is 2. The highest BCUT2D eigenvalue weighted by atomic mass is 35.5. The van der Waals surface area contributed by atoms with Crippen molar-refractivity contribution in [2.75, 3.05) is 0 Å². The monoisotopic (exact) mass is 349 g/mol. The molecule has 0 spiro atoms. The lowest BCUT2D eigenvalue weighted by molar-refractivity contribution is 0.0697. The van der Waals surface area contributed by atoms with E-state index in [-0.39, 0.29) is 21.9 Å². The normalized spacial score (nSPS) is 12.7. The van der Waals surface area contributed by atoms with Crippen molar-refractivity contribution >= 4 is 39.2 Å². The summed E-state index contributed by atoms with van der Waals surface area (Å²) < 4.78 is 27.0. The van der Waals surface area contributed by atoms with Crippen LogP contribution in [-0.2, 0) is 10.0 Å². The Morgan fingerprint density at radius 2 is 2.10 bits per heavy atom. The Bertz CT molecular complexity index is 695. The molecule has 0 aliphatic carbocycles. The molecule has 0 fully saturated rings. The summed E-state index contributed by atoms with van der Waals surface area (Å²) in [5.41, 5.74) is -0.380. The molecule has 0 bridgehead atoms. The van der Waals surface area contributed by atoms with E-state index < -0.39 is 27.1 Å². The van der Waals surface area contributed by atoms with Crippen molar-refractivity contribution in [2.45, 2.75) is 30.7 Å². The van der Waals surface area contributed by atoms with E-state index in [1.807, 2.05) is 0 Å². The molecule has 0 heterocycles. The van der Waals surface area contributed by atoms with Crippen LogP contribution >= 0.6 is 23.2 Å². The third kappa shape index (κ3) is 4.35. The molecule has 1 aromatic carbocycles. The summed E-state index contributed by atoms with van der Waals surface area (Å²) in [5, 5.41) is 8.57. The molecule has 21 heavy (non-hydrogen) atoms. The van der Waals surface area contributed by atoms with Crippen LogP contribution in [0.3, 0.4) is 0 Å².